The highest BCUT2D eigenvalue weighted by Gasteiger charge is 2.40. The van der Waals surface area contributed by atoms with Crippen LogP contribution in [0.1, 0.15) is 41.0 Å². The Morgan fingerprint density at radius 1 is 1.50 bits per heavy atom. The molecule has 1 rings (SSSR count). The summed E-state index contributed by atoms with van der Waals surface area (Å²) in [5, 5.41) is 0. The van der Waals surface area contributed by atoms with E-state index in [9.17, 15) is 9.59 Å². The van der Waals surface area contributed by atoms with Crippen LogP contribution in [0.5, 0.6) is 0 Å². The molecule has 16 heavy (non-hydrogen) atoms. The summed E-state index contributed by atoms with van der Waals surface area (Å²) in [5.41, 5.74) is -0.110. The molecule has 1 atom stereocenters. The van der Waals surface area contributed by atoms with Gasteiger partial charge in [0, 0.05) is 6.42 Å². The van der Waals surface area contributed by atoms with Gasteiger partial charge in [-0.3, -0.25) is 4.79 Å². The number of rotatable bonds is 2. The fourth-order valence-corrected chi connectivity index (χ4v) is 1.75. The van der Waals surface area contributed by atoms with E-state index in [1.807, 2.05) is 34.6 Å². The molecule has 0 saturated carbocycles. The van der Waals surface area contributed by atoms with Crippen molar-refractivity contribution in [1.29, 1.82) is 0 Å². The number of amides is 2. The minimum absolute atomic E-state index is 0.109. The van der Waals surface area contributed by atoms with E-state index in [2.05, 4.69) is 0 Å². The minimum atomic E-state index is -0.493. The van der Waals surface area contributed by atoms with Gasteiger partial charge in [-0.2, -0.15) is 0 Å². The van der Waals surface area contributed by atoms with Crippen LogP contribution in [0, 0.1) is 11.3 Å². The second kappa shape index (κ2) is 4.44. The van der Waals surface area contributed by atoms with Gasteiger partial charge in [-0.05, 0) is 11.3 Å². The molecule has 0 aromatic rings. The van der Waals surface area contributed by atoms with Crippen LogP contribution in [0.4, 0.5) is 4.79 Å². The van der Waals surface area contributed by atoms with E-state index < -0.39 is 6.09 Å². The number of imide groups is 1. The smallest absolute Gasteiger partial charge is 0.416 e. The number of carbonyl (C=O) groups is 2. The van der Waals surface area contributed by atoms with Crippen LogP contribution in [-0.4, -0.2) is 29.5 Å². The molecule has 4 nitrogen and oxygen atoms in total. The van der Waals surface area contributed by atoms with Crippen LogP contribution in [0.3, 0.4) is 0 Å². The summed E-state index contributed by atoms with van der Waals surface area (Å²) in [4.78, 5) is 24.8. The predicted octanol–water partition coefficient (Wildman–Crippen LogP) is 2.43. The Labute approximate surface area is 96.9 Å². The van der Waals surface area contributed by atoms with Crippen molar-refractivity contribution in [3.8, 4) is 0 Å². The quantitative estimate of drug-likeness (QED) is 0.727. The van der Waals surface area contributed by atoms with Gasteiger partial charge in [0.2, 0.25) is 5.91 Å². The first-order valence-corrected chi connectivity index (χ1v) is 5.71. The van der Waals surface area contributed by atoms with Gasteiger partial charge in [-0.15, -0.1) is 0 Å². The maximum atomic E-state index is 12.0. The highest BCUT2D eigenvalue weighted by atomic mass is 16.6. The van der Waals surface area contributed by atoms with Gasteiger partial charge in [0.25, 0.3) is 0 Å². The number of carbonyl (C=O) groups excluding carboxylic acids is 2. The van der Waals surface area contributed by atoms with Crippen molar-refractivity contribution >= 4 is 12.0 Å². The summed E-state index contributed by atoms with van der Waals surface area (Å²) in [6, 6.07) is -0.109. The van der Waals surface area contributed by atoms with Crippen LogP contribution in [0.15, 0.2) is 0 Å². The predicted molar refractivity (Wildman–Crippen MR) is 60.9 cm³/mol. The summed E-state index contributed by atoms with van der Waals surface area (Å²) in [5.74, 6) is 0.101. The topological polar surface area (TPSA) is 46.6 Å². The summed E-state index contributed by atoms with van der Waals surface area (Å²) in [6.45, 7) is 10.3. The molecule has 0 bridgehead atoms. The summed E-state index contributed by atoms with van der Waals surface area (Å²) in [6.07, 6.45) is -0.126. The standard InChI is InChI=1S/C12H21NO3/c1-8(2)9-7-16-11(15)13(9)10(14)6-12(3,4)5/h8-9H,6-7H2,1-5H3/t9-/m1/s1. The molecule has 1 aliphatic heterocycles. The first-order valence-electron chi connectivity index (χ1n) is 5.71. The molecule has 0 N–H and O–H groups in total. The van der Waals surface area contributed by atoms with Crippen molar-refractivity contribution in [2.45, 2.75) is 47.1 Å². The second-order valence-electron chi connectivity index (χ2n) is 5.89. The van der Waals surface area contributed by atoms with Crippen LogP contribution in [0.25, 0.3) is 0 Å². The van der Waals surface area contributed by atoms with Crippen LogP contribution >= 0.6 is 0 Å². The Hall–Kier alpha value is -1.06. The van der Waals surface area contributed by atoms with E-state index in [1.54, 1.807) is 0 Å². The lowest BCUT2D eigenvalue weighted by Gasteiger charge is -2.26. The van der Waals surface area contributed by atoms with Crippen molar-refractivity contribution in [3.63, 3.8) is 0 Å². The Balaban J connectivity index is 2.76. The molecule has 0 aliphatic carbocycles. The first kappa shape index (κ1) is 13.0. The molecule has 92 valence electrons. The molecule has 0 spiro atoms. The molecule has 0 radical (unpaired) electrons. The van der Waals surface area contributed by atoms with Gasteiger partial charge in [0.15, 0.2) is 0 Å². The summed E-state index contributed by atoms with van der Waals surface area (Å²) >= 11 is 0. The van der Waals surface area contributed by atoms with E-state index in [4.69, 9.17) is 4.74 Å². The van der Waals surface area contributed by atoms with Crippen molar-refractivity contribution in [3.05, 3.63) is 0 Å². The third kappa shape index (κ3) is 2.97. The zero-order valence-corrected chi connectivity index (χ0v) is 10.7. The van der Waals surface area contributed by atoms with Gasteiger partial charge in [0.1, 0.15) is 6.61 Å². The number of hydrogen-bond acceptors (Lipinski definition) is 3. The molecule has 0 unspecified atom stereocenters. The number of cyclic esters (lactones) is 1. The van der Waals surface area contributed by atoms with Crippen LogP contribution in [-0.2, 0) is 9.53 Å². The molecular formula is C12H21NO3. The zero-order valence-electron chi connectivity index (χ0n) is 10.7. The molecule has 1 heterocycles. The third-order valence-corrected chi connectivity index (χ3v) is 2.63. The van der Waals surface area contributed by atoms with Gasteiger partial charge >= 0.3 is 6.09 Å². The van der Waals surface area contributed by atoms with E-state index in [0.717, 1.165) is 0 Å². The van der Waals surface area contributed by atoms with Crippen LogP contribution in [0.2, 0.25) is 0 Å². The monoisotopic (exact) mass is 227 g/mol. The average Bonchev–Trinajstić information content (AvgIpc) is 2.43. The number of hydrogen-bond donors (Lipinski definition) is 0. The lowest BCUT2D eigenvalue weighted by Crippen LogP contribution is -2.43. The molecule has 1 fully saturated rings. The van der Waals surface area contributed by atoms with Crippen LogP contribution < -0.4 is 0 Å². The Morgan fingerprint density at radius 3 is 2.50 bits per heavy atom. The van der Waals surface area contributed by atoms with Crippen molar-refractivity contribution in [2.24, 2.45) is 11.3 Å². The van der Waals surface area contributed by atoms with Gasteiger partial charge in [-0.25, -0.2) is 9.69 Å². The Kier molecular flexibility index (Phi) is 3.61. The lowest BCUT2D eigenvalue weighted by molar-refractivity contribution is -0.131. The Morgan fingerprint density at radius 2 is 2.06 bits per heavy atom. The molecule has 2 amide bonds. The third-order valence-electron chi connectivity index (χ3n) is 2.63. The second-order valence-corrected chi connectivity index (χ2v) is 5.89. The molecule has 0 aromatic heterocycles. The number of nitrogens with zero attached hydrogens (tertiary/aromatic N) is 1. The minimum Gasteiger partial charge on any atom is -0.447 e. The fraction of sp³-hybridized carbons (Fsp3) is 0.833. The van der Waals surface area contributed by atoms with Crippen molar-refractivity contribution < 1.29 is 14.3 Å². The SMILES string of the molecule is CC(C)[C@H]1COC(=O)N1C(=O)CC(C)(C)C. The largest absolute Gasteiger partial charge is 0.447 e. The highest BCUT2D eigenvalue weighted by Crippen LogP contribution is 2.25. The van der Waals surface area contributed by atoms with E-state index in [0.29, 0.717) is 13.0 Å². The van der Waals surface area contributed by atoms with Crippen molar-refractivity contribution in [2.75, 3.05) is 6.61 Å². The van der Waals surface area contributed by atoms with E-state index >= 15 is 0 Å². The van der Waals surface area contributed by atoms with Gasteiger partial charge < -0.3 is 4.74 Å². The molecule has 1 saturated heterocycles. The van der Waals surface area contributed by atoms with E-state index in [-0.39, 0.29) is 23.3 Å². The number of ether oxygens (including phenoxy) is 1. The molecular weight excluding hydrogens is 206 g/mol. The summed E-state index contributed by atoms with van der Waals surface area (Å²) in [7, 11) is 0. The van der Waals surface area contributed by atoms with Gasteiger partial charge in [0.05, 0.1) is 6.04 Å². The normalized spacial score (nSPS) is 21.5. The first-order chi connectivity index (χ1) is 7.22. The maximum absolute atomic E-state index is 12.0. The maximum Gasteiger partial charge on any atom is 0.416 e. The fourth-order valence-electron chi connectivity index (χ4n) is 1.75. The van der Waals surface area contributed by atoms with Crippen molar-refractivity contribution in [1.82, 2.24) is 4.90 Å². The zero-order chi connectivity index (χ0) is 12.5. The summed E-state index contributed by atoms with van der Waals surface area (Å²) < 4.78 is 4.94. The Bertz CT molecular complexity index is 291. The molecule has 0 aromatic carbocycles. The van der Waals surface area contributed by atoms with E-state index in [1.165, 1.54) is 4.90 Å². The average molecular weight is 227 g/mol. The van der Waals surface area contributed by atoms with Gasteiger partial charge in [-0.1, -0.05) is 34.6 Å². The highest BCUT2D eigenvalue weighted by molar-refractivity contribution is 5.93. The lowest BCUT2D eigenvalue weighted by atomic mass is 9.91. The molecule has 4 heteroatoms. The molecule has 1 aliphatic rings.